The van der Waals surface area contributed by atoms with Crippen LogP contribution in [0.2, 0.25) is 0 Å². The Kier molecular flexibility index (Phi) is 6.39. The van der Waals surface area contributed by atoms with Crippen LogP contribution in [0.1, 0.15) is 37.3 Å². The van der Waals surface area contributed by atoms with Crippen molar-refractivity contribution in [3.63, 3.8) is 0 Å². The quantitative estimate of drug-likeness (QED) is 0.449. The van der Waals surface area contributed by atoms with Gasteiger partial charge in [-0.15, -0.1) is 0 Å². The summed E-state index contributed by atoms with van der Waals surface area (Å²) >= 11 is 0. The van der Waals surface area contributed by atoms with Crippen molar-refractivity contribution < 1.29 is 14.3 Å². The lowest BCUT2D eigenvalue weighted by molar-refractivity contribution is -0.134. The zero-order chi connectivity index (χ0) is 23.4. The molecule has 2 aliphatic heterocycles. The Morgan fingerprint density at radius 3 is 2.47 bits per heavy atom. The van der Waals surface area contributed by atoms with Crippen molar-refractivity contribution in [3.8, 4) is 22.6 Å². The van der Waals surface area contributed by atoms with Crippen LogP contribution in [0.15, 0.2) is 78.9 Å². The molecule has 0 bridgehead atoms. The van der Waals surface area contributed by atoms with Crippen molar-refractivity contribution in [2.45, 2.75) is 38.2 Å². The molecule has 0 atom stereocenters. The van der Waals surface area contributed by atoms with E-state index in [1.54, 1.807) is 0 Å². The molecule has 0 radical (unpaired) electrons. The highest BCUT2D eigenvalue weighted by Crippen LogP contribution is 2.38. The van der Waals surface area contributed by atoms with E-state index >= 15 is 0 Å². The minimum Gasteiger partial charge on any atom is -0.493 e. The molecule has 0 N–H and O–H groups in total. The van der Waals surface area contributed by atoms with Crippen LogP contribution in [0.4, 0.5) is 0 Å². The van der Waals surface area contributed by atoms with E-state index in [-0.39, 0.29) is 11.5 Å². The van der Waals surface area contributed by atoms with Crippen LogP contribution in [0, 0.1) is 0 Å². The fourth-order valence-electron chi connectivity index (χ4n) is 4.72. The number of hydrogen-bond acceptors (Lipinski definition) is 3. The minimum atomic E-state index is -0.324. The summed E-state index contributed by atoms with van der Waals surface area (Å²) in [4.78, 5) is 14.7. The first-order valence-electron chi connectivity index (χ1n) is 12.2. The second-order valence-electron chi connectivity index (χ2n) is 9.10. The molecule has 2 aliphatic rings. The van der Waals surface area contributed by atoms with Crippen LogP contribution < -0.4 is 9.47 Å². The molecule has 1 saturated heterocycles. The standard InChI is InChI=1S/C30H31NO3/c1-2-23-8-11-27(12-9-23)33-21-15-29(32)31-19-17-30(18-20-31)16-14-26-22-25(10-13-28(26)34-30)24-6-4-3-5-7-24/h3-14,16,22H,2,15,17-21H2,1H3. The van der Waals surface area contributed by atoms with Gasteiger partial charge in [0, 0.05) is 31.5 Å². The highest BCUT2D eigenvalue weighted by Gasteiger charge is 2.37. The molecule has 4 nitrogen and oxygen atoms in total. The van der Waals surface area contributed by atoms with Crippen molar-refractivity contribution in [1.82, 2.24) is 4.90 Å². The van der Waals surface area contributed by atoms with Gasteiger partial charge < -0.3 is 14.4 Å². The minimum absolute atomic E-state index is 0.146. The van der Waals surface area contributed by atoms with Gasteiger partial charge in [0.25, 0.3) is 0 Å². The van der Waals surface area contributed by atoms with Crippen molar-refractivity contribution in [2.24, 2.45) is 0 Å². The summed E-state index contributed by atoms with van der Waals surface area (Å²) in [6.07, 6.45) is 7.37. The number of carbonyl (C=O) groups is 1. The number of ether oxygens (including phenoxy) is 2. The topological polar surface area (TPSA) is 38.8 Å². The Morgan fingerprint density at radius 2 is 1.74 bits per heavy atom. The van der Waals surface area contributed by atoms with Gasteiger partial charge in [-0.3, -0.25) is 4.79 Å². The summed E-state index contributed by atoms with van der Waals surface area (Å²) in [5.74, 6) is 1.88. The number of amides is 1. The van der Waals surface area contributed by atoms with Crippen LogP contribution in [0.25, 0.3) is 17.2 Å². The number of piperidine rings is 1. The smallest absolute Gasteiger partial charge is 0.226 e. The van der Waals surface area contributed by atoms with E-state index in [1.807, 2.05) is 23.1 Å². The van der Waals surface area contributed by atoms with E-state index in [2.05, 4.69) is 73.7 Å². The summed E-state index contributed by atoms with van der Waals surface area (Å²) in [6.45, 7) is 3.93. The van der Waals surface area contributed by atoms with E-state index in [4.69, 9.17) is 9.47 Å². The molecule has 3 aromatic rings. The molecule has 0 unspecified atom stereocenters. The Balaban J connectivity index is 1.14. The number of aryl methyl sites for hydroxylation is 1. The van der Waals surface area contributed by atoms with Crippen molar-refractivity contribution in [3.05, 3.63) is 90.0 Å². The molecular weight excluding hydrogens is 422 g/mol. The highest BCUT2D eigenvalue weighted by atomic mass is 16.5. The zero-order valence-electron chi connectivity index (χ0n) is 19.7. The second-order valence-corrected chi connectivity index (χ2v) is 9.10. The maximum atomic E-state index is 12.7. The molecular formula is C30H31NO3. The van der Waals surface area contributed by atoms with Gasteiger partial charge in [-0.1, -0.05) is 61.5 Å². The maximum absolute atomic E-state index is 12.7. The van der Waals surface area contributed by atoms with E-state index in [0.717, 1.165) is 36.3 Å². The lowest BCUT2D eigenvalue weighted by Gasteiger charge is -2.42. The van der Waals surface area contributed by atoms with Gasteiger partial charge in [-0.2, -0.15) is 0 Å². The molecule has 1 amide bonds. The maximum Gasteiger partial charge on any atom is 0.226 e. The number of hydrogen-bond donors (Lipinski definition) is 0. The number of likely N-dealkylation sites (tertiary alicyclic amines) is 1. The fraction of sp³-hybridized carbons (Fsp3) is 0.300. The summed E-state index contributed by atoms with van der Waals surface area (Å²) in [6, 6.07) is 24.9. The summed E-state index contributed by atoms with van der Waals surface area (Å²) in [5, 5.41) is 0. The molecule has 0 aliphatic carbocycles. The Hall–Kier alpha value is -3.53. The average molecular weight is 454 g/mol. The summed E-state index contributed by atoms with van der Waals surface area (Å²) in [7, 11) is 0. The highest BCUT2D eigenvalue weighted by molar-refractivity contribution is 5.76. The number of nitrogens with zero attached hydrogens (tertiary/aromatic N) is 1. The van der Waals surface area contributed by atoms with E-state index in [0.29, 0.717) is 26.1 Å². The predicted molar refractivity (Wildman–Crippen MR) is 136 cm³/mol. The van der Waals surface area contributed by atoms with Gasteiger partial charge in [-0.05, 0) is 53.5 Å². The van der Waals surface area contributed by atoms with Crippen LogP contribution in [-0.2, 0) is 11.2 Å². The van der Waals surface area contributed by atoms with E-state index in [9.17, 15) is 4.79 Å². The average Bonchev–Trinajstić information content (AvgIpc) is 2.89. The molecule has 1 fully saturated rings. The fourth-order valence-corrected chi connectivity index (χ4v) is 4.72. The van der Waals surface area contributed by atoms with Crippen LogP contribution >= 0.6 is 0 Å². The van der Waals surface area contributed by atoms with E-state index in [1.165, 1.54) is 16.7 Å². The molecule has 34 heavy (non-hydrogen) atoms. The van der Waals surface area contributed by atoms with Gasteiger partial charge in [0.15, 0.2) is 0 Å². The first-order chi connectivity index (χ1) is 16.6. The monoisotopic (exact) mass is 453 g/mol. The van der Waals surface area contributed by atoms with Gasteiger partial charge in [0.05, 0.1) is 13.0 Å². The Morgan fingerprint density at radius 1 is 0.971 bits per heavy atom. The van der Waals surface area contributed by atoms with E-state index < -0.39 is 0 Å². The SMILES string of the molecule is CCc1ccc(OCCC(=O)N2CCC3(C=Cc4cc(-c5ccccc5)ccc4O3)CC2)cc1. The number of benzene rings is 3. The molecule has 0 saturated carbocycles. The normalized spacial score (nSPS) is 16.1. The summed E-state index contributed by atoms with van der Waals surface area (Å²) < 4.78 is 12.3. The van der Waals surface area contributed by atoms with Crippen LogP contribution in [0.5, 0.6) is 11.5 Å². The van der Waals surface area contributed by atoms with Crippen molar-refractivity contribution >= 4 is 12.0 Å². The van der Waals surface area contributed by atoms with Gasteiger partial charge >= 0.3 is 0 Å². The molecule has 174 valence electrons. The molecule has 4 heteroatoms. The third kappa shape index (κ3) is 4.86. The molecule has 0 aromatic heterocycles. The third-order valence-corrected chi connectivity index (χ3v) is 6.88. The molecule has 1 spiro atoms. The summed E-state index contributed by atoms with van der Waals surface area (Å²) in [5.41, 5.74) is 4.45. The second kappa shape index (κ2) is 9.76. The first kappa shape index (κ1) is 22.3. The van der Waals surface area contributed by atoms with Gasteiger partial charge in [0.2, 0.25) is 5.91 Å². The molecule has 3 aromatic carbocycles. The van der Waals surface area contributed by atoms with Crippen molar-refractivity contribution in [2.75, 3.05) is 19.7 Å². The van der Waals surface area contributed by atoms with Gasteiger partial charge in [-0.25, -0.2) is 0 Å². The van der Waals surface area contributed by atoms with Crippen LogP contribution in [0.3, 0.4) is 0 Å². The number of rotatable bonds is 6. The molecule has 5 rings (SSSR count). The third-order valence-electron chi connectivity index (χ3n) is 6.88. The lowest BCUT2D eigenvalue weighted by atomic mass is 9.87. The predicted octanol–water partition coefficient (Wildman–Crippen LogP) is 6.15. The van der Waals surface area contributed by atoms with Gasteiger partial charge in [0.1, 0.15) is 17.1 Å². The Bertz CT molecular complexity index is 1160. The first-order valence-corrected chi connectivity index (χ1v) is 12.2. The number of carbonyl (C=O) groups excluding carboxylic acids is 1. The zero-order valence-corrected chi connectivity index (χ0v) is 19.7. The number of fused-ring (bicyclic) bond motifs is 1. The van der Waals surface area contributed by atoms with Crippen LogP contribution in [-0.4, -0.2) is 36.1 Å². The Labute approximate surface area is 201 Å². The largest absolute Gasteiger partial charge is 0.493 e. The molecule has 2 heterocycles. The lowest BCUT2D eigenvalue weighted by Crippen LogP contribution is -2.49. The van der Waals surface area contributed by atoms with Crippen molar-refractivity contribution in [1.29, 1.82) is 0 Å².